The third-order valence-corrected chi connectivity index (χ3v) is 5.63. The summed E-state index contributed by atoms with van der Waals surface area (Å²) in [6.07, 6.45) is -2.54. The predicted octanol–water partition coefficient (Wildman–Crippen LogP) is 3.11. The molecule has 1 aliphatic carbocycles. The van der Waals surface area contributed by atoms with Crippen LogP contribution in [0.25, 0.3) is 21.9 Å². The number of ether oxygens (including phenoxy) is 4. The van der Waals surface area contributed by atoms with Crippen LogP contribution in [0, 0.1) is 0 Å². The van der Waals surface area contributed by atoms with E-state index in [1.165, 1.54) is 14.2 Å². The molecule has 0 fully saturated rings. The van der Waals surface area contributed by atoms with Gasteiger partial charge in [-0.2, -0.15) is 0 Å². The van der Waals surface area contributed by atoms with Crippen molar-refractivity contribution in [3.63, 3.8) is 0 Å². The van der Waals surface area contributed by atoms with Crippen molar-refractivity contribution >= 4 is 10.8 Å². The summed E-state index contributed by atoms with van der Waals surface area (Å²) in [6, 6.07) is 8.89. The molecule has 1 aliphatic rings. The molecule has 7 nitrogen and oxygen atoms in total. The molecule has 0 saturated carbocycles. The molecule has 0 unspecified atom stereocenters. The Morgan fingerprint density at radius 1 is 0.800 bits per heavy atom. The monoisotopic (exact) mass is 412 g/mol. The fourth-order valence-corrected chi connectivity index (χ4v) is 4.36. The first-order chi connectivity index (χ1) is 14.5. The van der Waals surface area contributed by atoms with Gasteiger partial charge in [-0.05, 0) is 29.3 Å². The molecular formula is C23H24O7. The minimum atomic E-state index is -1.29. The van der Waals surface area contributed by atoms with Crippen molar-refractivity contribution in [2.45, 2.75) is 18.8 Å². The fourth-order valence-electron chi connectivity index (χ4n) is 4.36. The van der Waals surface area contributed by atoms with Gasteiger partial charge in [0.25, 0.3) is 0 Å². The molecule has 0 aromatic heterocycles. The van der Waals surface area contributed by atoms with Gasteiger partial charge in [0, 0.05) is 22.1 Å². The zero-order valence-electron chi connectivity index (χ0n) is 17.2. The average Bonchev–Trinajstić information content (AvgIpc) is 2.79. The third kappa shape index (κ3) is 2.70. The van der Waals surface area contributed by atoms with Crippen LogP contribution in [0.4, 0.5) is 0 Å². The summed E-state index contributed by atoms with van der Waals surface area (Å²) in [4.78, 5) is 0. The number of hydrogen-bond donors (Lipinski definition) is 3. The Morgan fingerprint density at radius 3 is 2.10 bits per heavy atom. The second-order valence-corrected chi connectivity index (χ2v) is 7.05. The van der Waals surface area contributed by atoms with Gasteiger partial charge in [0.1, 0.15) is 35.2 Å². The van der Waals surface area contributed by atoms with E-state index >= 15 is 0 Å². The predicted molar refractivity (Wildman–Crippen MR) is 111 cm³/mol. The lowest BCUT2D eigenvalue weighted by Gasteiger charge is -2.34. The fraction of sp³-hybridized carbons (Fsp3) is 0.304. The molecule has 7 heteroatoms. The molecule has 3 aromatic rings. The third-order valence-electron chi connectivity index (χ3n) is 5.63. The second kappa shape index (κ2) is 7.68. The van der Waals surface area contributed by atoms with Crippen LogP contribution < -0.4 is 18.9 Å². The quantitative estimate of drug-likeness (QED) is 0.592. The molecule has 0 saturated heterocycles. The first kappa shape index (κ1) is 20.3. The summed E-state index contributed by atoms with van der Waals surface area (Å²) in [5.41, 5.74) is 2.56. The summed E-state index contributed by atoms with van der Waals surface area (Å²) >= 11 is 0. The maximum Gasteiger partial charge on any atom is 0.137 e. The minimum Gasteiger partial charge on any atom is -0.496 e. The molecule has 158 valence electrons. The van der Waals surface area contributed by atoms with Crippen LogP contribution in [-0.2, 0) is 6.61 Å². The van der Waals surface area contributed by atoms with Gasteiger partial charge in [0.15, 0.2) is 0 Å². The Hall–Kier alpha value is -3.00. The van der Waals surface area contributed by atoms with E-state index in [2.05, 4.69) is 0 Å². The van der Waals surface area contributed by atoms with Gasteiger partial charge < -0.3 is 34.3 Å². The SMILES string of the molecule is COc1cc(CO)cc2c1-c1c(c(OC)c3c(OC)cccc3c1OC)[C@@H](O)[C@@H]2O. The summed E-state index contributed by atoms with van der Waals surface area (Å²) < 4.78 is 22.7. The van der Waals surface area contributed by atoms with Gasteiger partial charge in [-0.1, -0.05) is 12.1 Å². The Balaban J connectivity index is 2.25. The Kier molecular flexibility index (Phi) is 5.19. The maximum atomic E-state index is 11.1. The van der Waals surface area contributed by atoms with Crippen molar-refractivity contribution in [2.24, 2.45) is 0 Å². The lowest BCUT2D eigenvalue weighted by atomic mass is 9.78. The summed E-state index contributed by atoms with van der Waals surface area (Å²) in [6.45, 7) is -0.227. The van der Waals surface area contributed by atoms with Crippen molar-refractivity contribution in [1.29, 1.82) is 0 Å². The zero-order valence-corrected chi connectivity index (χ0v) is 17.2. The Bertz CT molecular complexity index is 1120. The molecule has 30 heavy (non-hydrogen) atoms. The van der Waals surface area contributed by atoms with Crippen molar-refractivity contribution in [1.82, 2.24) is 0 Å². The number of benzene rings is 3. The van der Waals surface area contributed by atoms with Gasteiger partial charge in [0.2, 0.25) is 0 Å². The molecule has 0 spiro atoms. The van der Waals surface area contributed by atoms with E-state index in [0.717, 1.165) is 5.39 Å². The van der Waals surface area contributed by atoms with Crippen LogP contribution >= 0.6 is 0 Å². The van der Waals surface area contributed by atoms with Gasteiger partial charge in [-0.3, -0.25) is 0 Å². The molecule has 3 aromatic carbocycles. The zero-order chi connectivity index (χ0) is 21.6. The van der Waals surface area contributed by atoms with E-state index in [9.17, 15) is 15.3 Å². The largest absolute Gasteiger partial charge is 0.496 e. The second-order valence-electron chi connectivity index (χ2n) is 7.05. The molecule has 2 atom stereocenters. The molecule has 0 radical (unpaired) electrons. The van der Waals surface area contributed by atoms with E-state index in [1.807, 2.05) is 12.1 Å². The summed E-state index contributed by atoms with van der Waals surface area (Å²) in [7, 11) is 6.13. The van der Waals surface area contributed by atoms with Crippen LogP contribution in [0.1, 0.15) is 28.9 Å². The van der Waals surface area contributed by atoms with Gasteiger partial charge >= 0.3 is 0 Å². The van der Waals surface area contributed by atoms with Gasteiger partial charge in [-0.25, -0.2) is 0 Å². The molecule has 0 bridgehead atoms. The van der Waals surface area contributed by atoms with Crippen LogP contribution in [0.3, 0.4) is 0 Å². The highest BCUT2D eigenvalue weighted by molar-refractivity contribution is 6.06. The van der Waals surface area contributed by atoms with E-state index in [4.69, 9.17) is 18.9 Å². The topological polar surface area (TPSA) is 97.6 Å². The van der Waals surface area contributed by atoms with E-state index in [-0.39, 0.29) is 6.61 Å². The van der Waals surface area contributed by atoms with Gasteiger partial charge in [-0.15, -0.1) is 0 Å². The summed E-state index contributed by atoms with van der Waals surface area (Å²) in [5, 5.41) is 33.1. The van der Waals surface area contributed by atoms with Crippen molar-refractivity contribution in [2.75, 3.05) is 28.4 Å². The highest BCUT2D eigenvalue weighted by Gasteiger charge is 2.40. The number of fused-ring (bicyclic) bond motifs is 4. The average molecular weight is 412 g/mol. The van der Waals surface area contributed by atoms with Crippen molar-refractivity contribution in [3.05, 3.63) is 47.0 Å². The van der Waals surface area contributed by atoms with Crippen LogP contribution in [0.15, 0.2) is 30.3 Å². The lowest BCUT2D eigenvalue weighted by Crippen LogP contribution is -2.20. The van der Waals surface area contributed by atoms with Crippen LogP contribution in [0.2, 0.25) is 0 Å². The standard InChI is InChI=1S/C23H24O7/c1-27-14-7-5-6-12-17(14)23(30-4)19-18(22(12)29-3)16-13(20(25)21(19)26)8-11(10-24)9-15(16)28-2/h5-9,20-21,24-26H,10H2,1-4H3/t20-,21-/m1/s1. The number of aliphatic hydroxyl groups is 3. The Labute approximate surface area is 174 Å². The highest BCUT2D eigenvalue weighted by atomic mass is 16.5. The van der Waals surface area contributed by atoms with Gasteiger partial charge in [0.05, 0.1) is 40.4 Å². The van der Waals surface area contributed by atoms with E-state index in [0.29, 0.717) is 56.2 Å². The van der Waals surface area contributed by atoms with Crippen molar-refractivity contribution < 1.29 is 34.3 Å². The van der Waals surface area contributed by atoms with Crippen LogP contribution in [-0.4, -0.2) is 43.8 Å². The van der Waals surface area contributed by atoms with Crippen LogP contribution in [0.5, 0.6) is 23.0 Å². The molecular weight excluding hydrogens is 388 g/mol. The lowest BCUT2D eigenvalue weighted by molar-refractivity contribution is 0.0141. The highest BCUT2D eigenvalue weighted by Crippen LogP contribution is 2.58. The molecule has 4 rings (SSSR count). The molecule has 0 aliphatic heterocycles. The smallest absolute Gasteiger partial charge is 0.137 e. The summed E-state index contributed by atoms with van der Waals surface area (Å²) in [5.74, 6) is 1.90. The molecule has 3 N–H and O–H groups in total. The number of rotatable bonds is 5. The minimum absolute atomic E-state index is 0.227. The first-order valence-corrected chi connectivity index (χ1v) is 9.45. The molecule has 0 heterocycles. The first-order valence-electron chi connectivity index (χ1n) is 9.45. The van der Waals surface area contributed by atoms with Crippen molar-refractivity contribution in [3.8, 4) is 34.1 Å². The molecule has 0 amide bonds. The van der Waals surface area contributed by atoms with E-state index in [1.54, 1.807) is 32.4 Å². The number of aliphatic hydroxyl groups excluding tert-OH is 3. The number of methoxy groups -OCH3 is 4. The maximum absolute atomic E-state index is 11.1. The number of hydrogen-bond acceptors (Lipinski definition) is 7. The normalized spacial score (nSPS) is 17.3. The van der Waals surface area contributed by atoms with E-state index < -0.39 is 12.2 Å². The Morgan fingerprint density at radius 2 is 1.50 bits per heavy atom.